The summed E-state index contributed by atoms with van der Waals surface area (Å²) in [6, 6.07) is 19.4. The summed E-state index contributed by atoms with van der Waals surface area (Å²) in [5.41, 5.74) is 3.97. The van der Waals surface area contributed by atoms with E-state index in [1.807, 2.05) is 0 Å². The second-order valence-corrected chi connectivity index (χ2v) is 6.12. The molecule has 0 radical (unpaired) electrons. The molecule has 0 bridgehead atoms. The number of anilines is 2. The Bertz CT molecular complexity index is 539. The first kappa shape index (κ1) is 14.2. The lowest BCUT2D eigenvalue weighted by molar-refractivity contribution is 0.456. The largest absolute Gasteiger partial charge is 0.355 e. The molecule has 0 atom stereocenters. The van der Waals surface area contributed by atoms with Gasteiger partial charge in [0, 0.05) is 11.4 Å². The standard InChI is InChI=1S/C20H25N/c1-2-5-11-17(12-6-3-1)19-15-9-10-16-20(19)21-18-13-7-4-8-14-18/h4,7-10,13-17,21H,1-3,5-6,11-12H2. The van der Waals surface area contributed by atoms with Gasteiger partial charge in [-0.1, -0.05) is 68.5 Å². The highest BCUT2D eigenvalue weighted by molar-refractivity contribution is 5.63. The van der Waals surface area contributed by atoms with Crippen molar-refractivity contribution >= 4 is 11.4 Å². The molecule has 0 aliphatic heterocycles. The summed E-state index contributed by atoms with van der Waals surface area (Å²) < 4.78 is 0. The van der Waals surface area contributed by atoms with Crippen LogP contribution < -0.4 is 5.32 Å². The Morgan fingerprint density at radius 2 is 1.29 bits per heavy atom. The molecule has 0 heterocycles. The van der Waals surface area contributed by atoms with Gasteiger partial charge in [0.25, 0.3) is 0 Å². The Hall–Kier alpha value is -1.76. The van der Waals surface area contributed by atoms with E-state index in [1.54, 1.807) is 0 Å². The molecule has 1 heteroatoms. The molecule has 0 unspecified atom stereocenters. The second-order valence-electron chi connectivity index (χ2n) is 6.12. The molecule has 0 spiro atoms. The normalized spacial score (nSPS) is 17.0. The third-order valence-electron chi connectivity index (χ3n) is 4.56. The summed E-state index contributed by atoms with van der Waals surface area (Å²) >= 11 is 0. The molecule has 1 aliphatic carbocycles. The summed E-state index contributed by atoms with van der Waals surface area (Å²) in [4.78, 5) is 0. The van der Waals surface area contributed by atoms with Gasteiger partial charge in [-0.25, -0.2) is 0 Å². The van der Waals surface area contributed by atoms with Gasteiger partial charge in [0.05, 0.1) is 0 Å². The lowest BCUT2D eigenvalue weighted by Gasteiger charge is -2.23. The van der Waals surface area contributed by atoms with E-state index in [4.69, 9.17) is 0 Å². The van der Waals surface area contributed by atoms with Crippen LogP contribution in [0, 0.1) is 0 Å². The van der Waals surface area contributed by atoms with E-state index in [1.165, 1.54) is 61.9 Å². The van der Waals surface area contributed by atoms with E-state index in [0.29, 0.717) is 0 Å². The van der Waals surface area contributed by atoms with E-state index >= 15 is 0 Å². The minimum Gasteiger partial charge on any atom is -0.355 e. The van der Waals surface area contributed by atoms with Gasteiger partial charge < -0.3 is 5.32 Å². The minimum atomic E-state index is 0.720. The van der Waals surface area contributed by atoms with E-state index in [-0.39, 0.29) is 0 Å². The Kier molecular flexibility index (Phi) is 4.94. The first-order valence-corrected chi connectivity index (χ1v) is 8.34. The molecule has 2 aromatic rings. The number of para-hydroxylation sites is 2. The highest BCUT2D eigenvalue weighted by Gasteiger charge is 2.16. The molecule has 0 amide bonds. The minimum absolute atomic E-state index is 0.720. The summed E-state index contributed by atoms with van der Waals surface area (Å²) in [7, 11) is 0. The number of benzene rings is 2. The van der Waals surface area contributed by atoms with Crippen LogP contribution in [0.4, 0.5) is 11.4 Å². The monoisotopic (exact) mass is 279 g/mol. The van der Waals surface area contributed by atoms with Crippen molar-refractivity contribution in [3.05, 3.63) is 60.2 Å². The van der Waals surface area contributed by atoms with Gasteiger partial charge in [0.1, 0.15) is 0 Å². The van der Waals surface area contributed by atoms with E-state index in [2.05, 4.69) is 59.9 Å². The number of hydrogen-bond acceptors (Lipinski definition) is 1. The van der Waals surface area contributed by atoms with E-state index in [0.717, 1.165) is 5.92 Å². The van der Waals surface area contributed by atoms with Crippen LogP contribution in [0.15, 0.2) is 54.6 Å². The van der Waals surface area contributed by atoms with Gasteiger partial charge in [-0.05, 0) is 42.5 Å². The van der Waals surface area contributed by atoms with Crippen LogP contribution in [-0.4, -0.2) is 0 Å². The molecule has 1 aliphatic rings. The Morgan fingerprint density at radius 3 is 2.05 bits per heavy atom. The predicted molar refractivity (Wildman–Crippen MR) is 91.2 cm³/mol. The number of nitrogens with one attached hydrogen (secondary N) is 1. The molecule has 0 saturated heterocycles. The highest BCUT2D eigenvalue weighted by Crippen LogP contribution is 2.35. The van der Waals surface area contributed by atoms with Crippen molar-refractivity contribution in [1.29, 1.82) is 0 Å². The van der Waals surface area contributed by atoms with Crippen molar-refractivity contribution < 1.29 is 0 Å². The smallest absolute Gasteiger partial charge is 0.0419 e. The molecule has 0 aromatic heterocycles. The molecule has 1 N–H and O–H groups in total. The Labute approximate surface area is 128 Å². The van der Waals surface area contributed by atoms with Gasteiger partial charge in [-0.3, -0.25) is 0 Å². The maximum absolute atomic E-state index is 3.61. The molecule has 2 aromatic carbocycles. The predicted octanol–water partition coefficient (Wildman–Crippen LogP) is 6.26. The molecule has 1 nitrogen and oxygen atoms in total. The molecule has 3 rings (SSSR count). The molecular formula is C20H25N. The first-order chi connectivity index (χ1) is 10.4. The number of rotatable bonds is 3. The molecule has 1 fully saturated rings. The maximum Gasteiger partial charge on any atom is 0.0419 e. The van der Waals surface area contributed by atoms with Crippen LogP contribution in [0.1, 0.15) is 56.4 Å². The summed E-state index contributed by atoms with van der Waals surface area (Å²) in [5.74, 6) is 0.720. The third-order valence-corrected chi connectivity index (χ3v) is 4.56. The lowest BCUT2D eigenvalue weighted by Crippen LogP contribution is -2.05. The molecule has 110 valence electrons. The van der Waals surface area contributed by atoms with Crippen molar-refractivity contribution in [2.75, 3.05) is 5.32 Å². The van der Waals surface area contributed by atoms with Crippen LogP contribution in [-0.2, 0) is 0 Å². The second kappa shape index (κ2) is 7.31. The zero-order valence-corrected chi connectivity index (χ0v) is 12.7. The van der Waals surface area contributed by atoms with Crippen LogP contribution >= 0.6 is 0 Å². The highest BCUT2D eigenvalue weighted by atomic mass is 14.9. The number of hydrogen-bond donors (Lipinski definition) is 1. The average Bonchev–Trinajstić information content (AvgIpc) is 2.49. The maximum atomic E-state index is 3.61. The SMILES string of the molecule is c1ccc(Nc2ccccc2C2CCCCCCC2)cc1. The van der Waals surface area contributed by atoms with E-state index in [9.17, 15) is 0 Å². The van der Waals surface area contributed by atoms with Crippen molar-refractivity contribution in [3.63, 3.8) is 0 Å². The summed E-state index contributed by atoms with van der Waals surface area (Å²) in [5, 5.41) is 3.61. The Balaban J connectivity index is 1.81. The fourth-order valence-electron chi connectivity index (χ4n) is 3.41. The van der Waals surface area contributed by atoms with Gasteiger partial charge in [0.15, 0.2) is 0 Å². The van der Waals surface area contributed by atoms with Crippen LogP contribution in [0.3, 0.4) is 0 Å². The fourth-order valence-corrected chi connectivity index (χ4v) is 3.41. The first-order valence-electron chi connectivity index (χ1n) is 8.34. The van der Waals surface area contributed by atoms with Gasteiger partial charge >= 0.3 is 0 Å². The molecule has 1 saturated carbocycles. The van der Waals surface area contributed by atoms with Gasteiger partial charge in [-0.2, -0.15) is 0 Å². The lowest BCUT2D eigenvalue weighted by atomic mass is 9.85. The van der Waals surface area contributed by atoms with Gasteiger partial charge in [-0.15, -0.1) is 0 Å². The van der Waals surface area contributed by atoms with Crippen molar-refractivity contribution in [1.82, 2.24) is 0 Å². The van der Waals surface area contributed by atoms with Crippen molar-refractivity contribution in [2.24, 2.45) is 0 Å². The van der Waals surface area contributed by atoms with Crippen LogP contribution in [0.5, 0.6) is 0 Å². The van der Waals surface area contributed by atoms with Crippen LogP contribution in [0.25, 0.3) is 0 Å². The fraction of sp³-hybridized carbons (Fsp3) is 0.400. The molecule has 21 heavy (non-hydrogen) atoms. The quantitative estimate of drug-likeness (QED) is 0.699. The van der Waals surface area contributed by atoms with E-state index < -0.39 is 0 Å². The molecular weight excluding hydrogens is 254 g/mol. The zero-order valence-electron chi connectivity index (χ0n) is 12.7. The van der Waals surface area contributed by atoms with Crippen molar-refractivity contribution in [3.8, 4) is 0 Å². The zero-order chi connectivity index (χ0) is 14.3. The van der Waals surface area contributed by atoms with Crippen molar-refractivity contribution in [2.45, 2.75) is 50.9 Å². The summed E-state index contributed by atoms with van der Waals surface area (Å²) in [6.45, 7) is 0. The Morgan fingerprint density at radius 1 is 0.667 bits per heavy atom. The average molecular weight is 279 g/mol. The topological polar surface area (TPSA) is 12.0 Å². The van der Waals surface area contributed by atoms with Gasteiger partial charge in [0.2, 0.25) is 0 Å². The third kappa shape index (κ3) is 3.87. The summed E-state index contributed by atoms with van der Waals surface area (Å²) in [6.07, 6.45) is 9.68. The van der Waals surface area contributed by atoms with Crippen LogP contribution in [0.2, 0.25) is 0 Å².